The van der Waals surface area contributed by atoms with Gasteiger partial charge in [0, 0.05) is 26.2 Å². The summed E-state index contributed by atoms with van der Waals surface area (Å²) in [5.41, 5.74) is 2.03. The van der Waals surface area contributed by atoms with Crippen LogP contribution in [-0.4, -0.2) is 42.2 Å². The smallest absolute Gasteiger partial charge is 0.303 e. The van der Waals surface area contributed by atoms with E-state index in [1.54, 1.807) is 12.1 Å². The van der Waals surface area contributed by atoms with Crippen molar-refractivity contribution in [3.63, 3.8) is 0 Å². The number of rotatable bonds is 5. The van der Waals surface area contributed by atoms with Crippen molar-refractivity contribution in [3.8, 4) is 0 Å². The Kier molecular flexibility index (Phi) is 6.11. The highest BCUT2D eigenvalue weighted by molar-refractivity contribution is 5.71. The number of hydrogen-bond acceptors (Lipinski definition) is 5. The van der Waals surface area contributed by atoms with Crippen LogP contribution in [0.5, 0.6) is 0 Å². The Hall–Kier alpha value is -3.23. The predicted octanol–water partition coefficient (Wildman–Crippen LogP) is 5.36. The Bertz CT molecular complexity index is 1160. The van der Waals surface area contributed by atoms with E-state index in [1.807, 2.05) is 9.80 Å². The topological polar surface area (TPSA) is 86.9 Å². The Labute approximate surface area is 202 Å². The molecular weight excluding hydrogens is 456 g/mol. The number of carboxylic acids is 1. The summed E-state index contributed by atoms with van der Waals surface area (Å²) in [6, 6.07) is 7.28. The van der Waals surface area contributed by atoms with E-state index in [-0.39, 0.29) is 29.3 Å². The van der Waals surface area contributed by atoms with E-state index < -0.39 is 16.7 Å². The molecule has 2 aromatic carbocycles. The molecule has 0 radical (unpaired) electrons. The number of fused-ring (bicyclic) bond motifs is 2. The second kappa shape index (κ2) is 9.09. The van der Waals surface area contributed by atoms with Crippen LogP contribution in [0.4, 0.5) is 25.8 Å². The number of nitrogens with zero attached hydrogens (tertiary/aromatic N) is 3. The number of nitro groups is 1. The van der Waals surface area contributed by atoms with Gasteiger partial charge in [0.25, 0.3) is 5.69 Å². The molecular formula is C26H29F2N3O4. The van der Waals surface area contributed by atoms with Gasteiger partial charge in [-0.1, -0.05) is 6.07 Å². The molecule has 0 amide bonds. The van der Waals surface area contributed by atoms with E-state index >= 15 is 4.39 Å². The average Bonchev–Trinajstić information content (AvgIpc) is 3.11. The normalized spacial score (nSPS) is 21.3. The molecule has 1 spiro atoms. The summed E-state index contributed by atoms with van der Waals surface area (Å²) in [6.45, 7) is 2.43. The first-order valence-corrected chi connectivity index (χ1v) is 12.3. The molecule has 5 rings (SSSR count). The number of aliphatic carboxylic acids is 1. The van der Waals surface area contributed by atoms with Crippen LogP contribution in [0, 0.1) is 21.7 Å². The number of anilines is 2. The standard InChI is InChI=1S/C26H29F2N3O4/c27-18-4-5-19-17(12-25(32)33)16-26(20(19)13-18)6-10-30(11-7-26)22-15-23(29-8-2-1-3-9-29)24(31(34)35)14-21(22)28/h4-5,13-15,17H,1-3,6-12,16H2,(H,32,33)/t17-/m1/s1. The first kappa shape index (κ1) is 23.5. The minimum absolute atomic E-state index is 0.000270. The largest absolute Gasteiger partial charge is 0.481 e. The summed E-state index contributed by atoms with van der Waals surface area (Å²) in [7, 11) is 0. The van der Waals surface area contributed by atoms with Gasteiger partial charge >= 0.3 is 5.97 Å². The molecule has 0 aromatic heterocycles. The van der Waals surface area contributed by atoms with Crippen LogP contribution in [0.15, 0.2) is 30.3 Å². The Balaban J connectivity index is 1.42. The summed E-state index contributed by atoms with van der Waals surface area (Å²) < 4.78 is 29.3. The summed E-state index contributed by atoms with van der Waals surface area (Å²) >= 11 is 0. The highest BCUT2D eigenvalue weighted by atomic mass is 19.1. The van der Waals surface area contributed by atoms with Crippen molar-refractivity contribution in [2.75, 3.05) is 36.0 Å². The Morgan fingerprint density at radius 1 is 1.03 bits per heavy atom. The average molecular weight is 486 g/mol. The van der Waals surface area contributed by atoms with Crippen LogP contribution >= 0.6 is 0 Å². The number of hydrogen-bond donors (Lipinski definition) is 1. The number of halogens is 2. The van der Waals surface area contributed by atoms with Gasteiger partial charge in [-0.25, -0.2) is 8.78 Å². The van der Waals surface area contributed by atoms with Crippen molar-refractivity contribution in [3.05, 3.63) is 63.2 Å². The highest BCUT2D eigenvalue weighted by Gasteiger charge is 2.46. The Morgan fingerprint density at radius 2 is 1.71 bits per heavy atom. The van der Waals surface area contributed by atoms with Crippen molar-refractivity contribution in [1.29, 1.82) is 0 Å². The second-order valence-electron chi connectivity index (χ2n) is 10.1. The van der Waals surface area contributed by atoms with Gasteiger partial charge in [0.1, 0.15) is 11.5 Å². The maximum Gasteiger partial charge on any atom is 0.303 e. The van der Waals surface area contributed by atoms with E-state index in [0.29, 0.717) is 56.8 Å². The molecule has 2 heterocycles. The molecule has 1 N–H and O–H groups in total. The first-order valence-electron chi connectivity index (χ1n) is 12.3. The molecule has 0 bridgehead atoms. The zero-order valence-electron chi connectivity index (χ0n) is 19.5. The summed E-state index contributed by atoms with van der Waals surface area (Å²) in [6.07, 6.45) is 4.88. The lowest BCUT2D eigenvalue weighted by atomic mass is 9.73. The van der Waals surface area contributed by atoms with Gasteiger partial charge in [-0.15, -0.1) is 0 Å². The molecule has 35 heavy (non-hydrogen) atoms. The van der Waals surface area contributed by atoms with Crippen LogP contribution in [0.2, 0.25) is 0 Å². The maximum atomic E-state index is 15.1. The van der Waals surface area contributed by atoms with Crippen molar-refractivity contribution >= 4 is 23.0 Å². The van der Waals surface area contributed by atoms with Crippen LogP contribution in [0.3, 0.4) is 0 Å². The van der Waals surface area contributed by atoms with E-state index in [4.69, 9.17) is 0 Å². The zero-order valence-corrected chi connectivity index (χ0v) is 19.5. The zero-order chi connectivity index (χ0) is 24.7. The van der Waals surface area contributed by atoms with Crippen molar-refractivity contribution in [2.24, 2.45) is 0 Å². The number of piperidine rings is 2. The minimum Gasteiger partial charge on any atom is -0.481 e. The molecule has 2 saturated heterocycles. The minimum atomic E-state index is -0.877. The van der Waals surface area contributed by atoms with Gasteiger partial charge < -0.3 is 14.9 Å². The van der Waals surface area contributed by atoms with E-state index in [0.717, 1.165) is 36.5 Å². The fraction of sp³-hybridized carbons (Fsp3) is 0.500. The van der Waals surface area contributed by atoms with Crippen molar-refractivity contribution in [2.45, 2.75) is 56.3 Å². The van der Waals surface area contributed by atoms with Crippen LogP contribution < -0.4 is 9.80 Å². The lowest BCUT2D eigenvalue weighted by Gasteiger charge is -2.41. The molecule has 1 aliphatic carbocycles. The molecule has 186 valence electrons. The lowest BCUT2D eigenvalue weighted by molar-refractivity contribution is -0.384. The summed E-state index contributed by atoms with van der Waals surface area (Å²) in [4.78, 5) is 26.5. The quantitative estimate of drug-likeness (QED) is 0.453. The van der Waals surface area contributed by atoms with Crippen molar-refractivity contribution in [1.82, 2.24) is 0 Å². The van der Waals surface area contributed by atoms with E-state index in [9.17, 15) is 24.4 Å². The molecule has 1 atom stereocenters. The number of benzene rings is 2. The molecule has 7 nitrogen and oxygen atoms in total. The van der Waals surface area contributed by atoms with Gasteiger partial charge in [-0.3, -0.25) is 14.9 Å². The van der Waals surface area contributed by atoms with Gasteiger partial charge in [-0.2, -0.15) is 0 Å². The third kappa shape index (κ3) is 4.32. The van der Waals surface area contributed by atoms with Crippen LogP contribution in [-0.2, 0) is 10.2 Å². The van der Waals surface area contributed by atoms with Crippen molar-refractivity contribution < 1.29 is 23.6 Å². The molecule has 0 saturated carbocycles. The number of nitro benzene ring substituents is 1. The van der Waals surface area contributed by atoms with Gasteiger partial charge in [-0.05, 0) is 79.2 Å². The fourth-order valence-corrected chi connectivity index (χ4v) is 6.39. The van der Waals surface area contributed by atoms with Crippen LogP contribution in [0.25, 0.3) is 0 Å². The van der Waals surface area contributed by atoms with E-state index in [1.165, 1.54) is 12.1 Å². The van der Waals surface area contributed by atoms with Gasteiger partial charge in [0.05, 0.1) is 23.1 Å². The van der Waals surface area contributed by atoms with E-state index in [2.05, 4.69) is 0 Å². The predicted molar refractivity (Wildman–Crippen MR) is 128 cm³/mol. The highest BCUT2D eigenvalue weighted by Crippen LogP contribution is 2.53. The Morgan fingerprint density at radius 3 is 2.37 bits per heavy atom. The molecule has 9 heteroatoms. The number of carboxylic acid groups (broad SMARTS) is 1. The molecule has 3 aliphatic rings. The lowest BCUT2D eigenvalue weighted by Crippen LogP contribution is -2.42. The fourth-order valence-electron chi connectivity index (χ4n) is 6.39. The van der Waals surface area contributed by atoms with Crippen LogP contribution in [0.1, 0.15) is 62.0 Å². The molecule has 2 aromatic rings. The third-order valence-corrected chi connectivity index (χ3v) is 8.08. The molecule has 2 fully saturated rings. The van der Waals surface area contributed by atoms with Gasteiger partial charge in [0.15, 0.2) is 5.82 Å². The first-order chi connectivity index (χ1) is 16.8. The number of carbonyl (C=O) groups is 1. The molecule has 2 aliphatic heterocycles. The molecule has 0 unspecified atom stereocenters. The second-order valence-corrected chi connectivity index (χ2v) is 10.1. The SMILES string of the molecule is O=C(O)C[C@@H]1CC2(CCN(c3cc(N4CCCCC4)c([N+](=O)[O-])cc3F)CC2)c2cc(F)ccc21. The summed E-state index contributed by atoms with van der Waals surface area (Å²) in [5, 5.41) is 21.0. The maximum absolute atomic E-state index is 15.1. The summed E-state index contributed by atoms with van der Waals surface area (Å²) in [5.74, 6) is -2.00. The van der Waals surface area contributed by atoms with Gasteiger partial charge in [0.2, 0.25) is 0 Å². The third-order valence-electron chi connectivity index (χ3n) is 8.08. The monoisotopic (exact) mass is 485 g/mol.